The van der Waals surface area contributed by atoms with Crippen LogP contribution in [0.25, 0.3) is 5.65 Å². The zero-order chi connectivity index (χ0) is 22.0. The van der Waals surface area contributed by atoms with Crippen molar-refractivity contribution in [1.29, 1.82) is 0 Å². The Morgan fingerprint density at radius 2 is 1.75 bits per heavy atom. The van der Waals surface area contributed by atoms with Crippen molar-refractivity contribution in [3.63, 3.8) is 0 Å². The first-order valence-corrected chi connectivity index (χ1v) is 12.2. The summed E-state index contributed by atoms with van der Waals surface area (Å²) in [5.74, 6) is 2.28. The van der Waals surface area contributed by atoms with Crippen molar-refractivity contribution in [2.24, 2.45) is 17.8 Å². The molecule has 2 unspecified atom stereocenters. The van der Waals surface area contributed by atoms with E-state index in [1.165, 1.54) is 37.1 Å². The van der Waals surface area contributed by atoms with E-state index in [9.17, 15) is 14.4 Å². The Labute approximate surface area is 187 Å². The quantitative estimate of drug-likeness (QED) is 0.779. The molecule has 0 bridgehead atoms. The average molecular weight is 438 g/mol. The molecule has 1 saturated heterocycles. The molecular weight excluding hydrogens is 406 g/mol. The number of H-pyrrole nitrogens is 1. The second-order valence-corrected chi connectivity index (χ2v) is 10.2. The van der Waals surface area contributed by atoms with E-state index < -0.39 is 0 Å². The van der Waals surface area contributed by atoms with Crippen LogP contribution in [0.3, 0.4) is 0 Å². The number of piperidine rings is 1. The molecule has 2 aliphatic heterocycles. The zero-order valence-electron chi connectivity index (χ0n) is 18.7. The molecule has 0 radical (unpaired) electrons. The van der Waals surface area contributed by atoms with Crippen LogP contribution in [0, 0.1) is 17.8 Å². The molecule has 4 heterocycles. The number of carbonyl (C=O) groups is 2. The lowest BCUT2D eigenvalue weighted by molar-refractivity contribution is -0.134. The van der Waals surface area contributed by atoms with Crippen LogP contribution in [0.15, 0.2) is 10.9 Å². The molecule has 3 fully saturated rings. The first-order valence-electron chi connectivity index (χ1n) is 12.2. The van der Waals surface area contributed by atoms with Crippen molar-refractivity contribution in [2.75, 3.05) is 19.6 Å². The zero-order valence-corrected chi connectivity index (χ0v) is 18.7. The average Bonchev–Trinajstić information content (AvgIpc) is 3.39. The molecule has 4 aliphatic rings. The summed E-state index contributed by atoms with van der Waals surface area (Å²) in [5, 5.41) is 3.28. The van der Waals surface area contributed by atoms with E-state index in [4.69, 9.17) is 4.98 Å². The standard InChI is InChI=1S/C24H31N5O3/c1-14(30)28-11-8-19-18(13-28)23(31)29-21(25-19)12-20(26-29)15-6-9-27(10-7-15)24(32)22-16-4-2-3-5-17(16)22/h12,15-17,22,26H,2-11,13H2,1H3. The number of carbonyl (C=O) groups excluding carboxylic acids is 2. The molecule has 2 aromatic heterocycles. The lowest BCUT2D eigenvalue weighted by atomic mass is 9.93. The van der Waals surface area contributed by atoms with Crippen LogP contribution in [-0.2, 0) is 22.6 Å². The lowest BCUT2D eigenvalue weighted by Crippen LogP contribution is -2.39. The summed E-state index contributed by atoms with van der Waals surface area (Å²) in [6, 6.07) is 2.00. The van der Waals surface area contributed by atoms with Gasteiger partial charge in [-0.05, 0) is 37.5 Å². The minimum absolute atomic E-state index is 0.0147. The Bertz CT molecular complexity index is 1130. The van der Waals surface area contributed by atoms with Crippen LogP contribution in [0.1, 0.15) is 68.3 Å². The summed E-state index contributed by atoms with van der Waals surface area (Å²) in [7, 11) is 0. The minimum atomic E-state index is -0.105. The Hall–Kier alpha value is -2.64. The Morgan fingerprint density at radius 1 is 1.03 bits per heavy atom. The van der Waals surface area contributed by atoms with Gasteiger partial charge < -0.3 is 9.80 Å². The van der Waals surface area contributed by atoms with Gasteiger partial charge >= 0.3 is 0 Å². The number of nitrogens with one attached hydrogen (secondary N) is 1. The second-order valence-electron chi connectivity index (χ2n) is 10.2. The van der Waals surface area contributed by atoms with E-state index in [1.54, 1.807) is 4.90 Å². The number of aromatic nitrogens is 3. The van der Waals surface area contributed by atoms with Gasteiger partial charge in [-0.3, -0.25) is 19.5 Å². The largest absolute Gasteiger partial charge is 0.342 e. The summed E-state index contributed by atoms with van der Waals surface area (Å²) in [4.78, 5) is 46.4. The molecule has 32 heavy (non-hydrogen) atoms. The summed E-state index contributed by atoms with van der Waals surface area (Å²) < 4.78 is 1.53. The van der Waals surface area contributed by atoms with Gasteiger partial charge in [0.15, 0.2) is 5.65 Å². The van der Waals surface area contributed by atoms with E-state index in [-0.39, 0.29) is 11.5 Å². The highest BCUT2D eigenvalue weighted by atomic mass is 16.2. The fourth-order valence-corrected chi connectivity index (χ4v) is 6.46. The Balaban J connectivity index is 1.17. The van der Waals surface area contributed by atoms with Crippen molar-refractivity contribution >= 4 is 17.5 Å². The molecule has 2 saturated carbocycles. The van der Waals surface area contributed by atoms with Crippen molar-refractivity contribution in [2.45, 2.75) is 64.3 Å². The molecule has 0 spiro atoms. The maximum atomic E-state index is 13.1. The summed E-state index contributed by atoms with van der Waals surface area (Å²) in [6.07, 6.45) is 7.49. The molecule has 8 nitrogen and oxygen atoms in total. The maximum absolute atomic E-state index is 13.1. The maximum Gasteiger partial charge on any atom is 0.277 e. The highest BCUT2D eigenvalue weighted by molar-refractivity contribution is 5.82. The van der Waals surface area contributed by atoms with Crippen LogP contribution in [-0.4, -0.2) is 55.8 Å². The third-order valence-electron chi connectivity index (χ3n) is 8.41. The molecular formula is C24H31N5O3. The monoisotopic (exact) mass is 437 g/mol. The minimum Gasteiger partial charge on any atom is -0.342 e. The summed E-state index contributed by atoms with van der Waals surface area (Å²) in [5.41, 5.74) is 2.99. The number of fused-ring (bicyclic) bond motifs is 3. The summed E-state index contributed by atoms with van der Waals surface area (Å²) >= 11 is 0. The predicted octanol–water partition coefficient (Wildman–Crippen LogP) is 2.07. The first kappa shape index (κ1) is 20.0. The topological polar surface area (TPSA) is 90.8 Å². The first-order chi connectivity index (χ1) is 15.5. The Morgan fingerprint density at radius 3 is 2.44 bits per heavy atom. The van der Waals surface area contributed by atoms with Crippen LogP contribution in [0.2, 0.25) is 0 Å². The van der Waals surface area contributed by atoms with Gasteiger partial charge in [-0.15, -0.1) is 0 Å². The number of hydrogen-bond donors (Lipinski definition) is 1. The number of aromatic amines is 1. The molecule has 1 N–H and O–H groups in total. The van der Waals surface area contributed by atoms with Gasteiger partial charge in [-0.1, -0.05) is 12.8 Å². The van der Waals surface area contributed by atoms with Crippen LogP contribution in [0.4, 0.5) is 0 Å². The van der Waals surface area contributed by atoms with E-state index in [1.807, 2.05) is 6.07 Å². The molecule has 2 atom stereocenters. The van der Waals surface area contributed by atoms with E-state index in [0.717, 1.165) is 37.3 Å². The smallest absolute Gasteiger partial charge is 0.277 e. The number of likely N-dealkylation sites (tertiary alicyclic amines) is 1. The van der Waals surface area contributed by atoms with Gasteiger partial charge in [0, 0.05) is 56.6 Å². The molecule has 0 aromatic carbocycles. The number of hydrogen-bond acceptors (Lipinski definition) is 4. The fourth-order valence-electron chi connectivity index (χ4n) is 6.46. The van der Waals surface area contributed by atoms with Gasteiger partial charge in [0.05, 0.1) is 17.8 Å². The van der Waals surface area contributed by atoms with Crippen molar-refractivity contribution in [3.05, 3.63) is 33.4 Å². The van der Waals surface area contributed by atoms with Gasteiger partial charge in [-0.25, -0.2) is 9.50 Å². The molecule has 170 valence electrons. The van der Waals surface area contributed by atoms with Gasteiger partial charge in [0.2, 0.25) is 11.8 Å². The number of rotatable bonds is 2. The molecule has 8 heteroatoms. The Kier molecular flexibility index (Phi) is 4.66. The SMILES string of the molecule is CC(=O)N1CCc2nc3cc(C4CCN(C(=O)C5C6CCCCC65)CC4)[nH]n3c(=O)c2C1. The van der Waals surface area contributed by atoms with Gasteiger partial charge in [0.1, 0.15) is 0 Å². The van der Waals surface area contributed by atoms with Gasteiger partial charge in [-0.2, -0.15) is 0 Å². The molecule has 2 aliphatic carbocycles. The molecule has 6 rings (SSSR count). The van der Waals surface area contributed by atoms with Crippen molar-refractivity contribution < 1.29 is 9.59 Å². The highest BCUT2D eigenvalue weighted by Crippen LogP contribution is 2.56. The van der Waals surface area contributed by atoms with Crippen LogP contribution >= 0.6 is 0 Å². The van der Waals surface area contributed by atoms with E-state index in [0.29, 0.717) is 60.3 Å². The molecule has 2 aromatic rings. The van der Waals surface area contributed by atoms with Crippen molar-refractivity contribution in [1.82, 2.24) is 24.4 Å². The van der Waals surface area contributed by atoms with Crippen molar-refractivity contribution in [3.8, 4) is 0 Å². The predicted molar refractivity (Wildman–Crippen MR) is 118 cm³/mol. The third kappa shape index (κ3) is 3.18. The third-order valence-corrected chi connectivity index (χ3v) is 8.41. The van der Waals surface area contributed by atoms with E-state index in [2.05, 4.69) is 10.00 Å². The molecule has 2 amide bonds. The lowest BCUT2D eigenvalue weighted by Gasteiger charge is -2.32. The number of nitrogens with zero attached hydrogens (tertiary/aromatic N) is 4. The summed E-state index contributed by atoms with van der Waals surface area (Å²) in [6.45, 7) is 4.06. The van der Waals surface area contributed by atoms with Crippen LogP contribution < -0.4 is 5.56 Å². The fraction of sp³-hybridized carbons (Fsp3) is 0.667. The second kappa shape index (κ2) is 7.46. The normalized spacial score (nSPS) is 27.8. The highest BCUT2D eigenvalue weighted by Gasteiger charge is 2.55. The van der Waals surface area contributed by atoms with Crippen LogP contribution in [0.5, 0.6) is 0 Å². The van der Waals surface area contributed by atoms with E-state index >= 15 is 0 Å². The number of amides is 2. The van der Waals surface area contributed by atoms with Gasteiger partial charge in [0.25, 0.3) is 5.56 Å².